The molecule has 4 heteroatoms. The lowest BCUT2D eigenvalue weighted by molar-refractivity contribution is -0.140. The van der Waals surface area contributed by atoms with Crippen molar-refractivity contribution in [3.8, 4) is 0 Å². The third kappa shape index (κ3) is 2.22. The number of carbonyl (C=O) groups is 2. The summed E-state index contributed by atoms with van der Waals surface area (Å²) in [6, 6.07) is 0. The van der Waals surface area contributed by atoms with E-state index < -0.39 is 16.6 Å². The van der Waals surface area contributed by atoms with Gasteiger partial charge in [-0.2, -0.15) is 0 Å². The van der Waals surface area contributed by atoms with Crippen LogP contribution >= 0.6 is 0 Å². The molecule has 22 heavy (non-hydrogen) atoms. The molecule has 2 aliphatic carbocycles. The number of nitrogens with one attached hydrogen (secondary N) is 1. The molecule has 0 aromatic rings. The molecule has 0 aromatic carbocycles. The van der Waals surface area contributed by atoms with Gasteiger partial charge in [-0.05, 0) is 63.7 Å². The standard InChI is InChI=1S/C18H29NO3/c1-3-13-5-7-17(8-6-13)14(20)18(19-15(17)21)11-9-16(22,4-2)10-12-18/h13,22H,3-12H2,1-2H3,(H,19,21). The molecule has 1 heterocycles. The van der Waals surface area contributed by atoms with Gasteiger partial charge >= 0.3 is 0 Å². The number of rotatable bonds is 2. The van der Waals surface area contributed by atoms with Gasteiger partial charge in [0.15, 0.2) is 5.78 Å². The number of carbonyl (C=O) groups excluding carboxylic acids is 2. The summed E-state index contributed by atoms with van der Waals surface area (Å²) in [6.45, 7) is 4.17. The summed E-state index contributed by atoms with van der Waals surface area (Å²) in [5.41, 5.74) is -2.09. The number of ketones is 1. The smallest absolute Gasteiger partial charge is 0.234 e. The van der Waals surface area contributed by atoms with E-state index in [0.717, 1.165) is 32.1 Å². The first-order valence-corrected chi connectivity index (χ1v) is 9.00. The summed E-state index contributed by atoms with van der Waals surface area (Å²) in [5, 5.41) is 13.5. The average Bonchev–Trinajstić information content (AvgIpc) is 2.74. The number of hydrogen-bond donors (Lipinski definition) is 2. The summed E-state index contributed by atoms with van der Waals surface area (Å²) in [6.07, 6.45) is 7.70. The van der Waals surface area contributed by atoms with Crippen LogP contribution in [0.5, 0.6) is 0 Å². The molecule has 0 aromatic heterocycles. The summed E-state index contributed by atoms with van der Waals surface area (Å²) in [4.78, 5) is 25.9. The van der Waals surface area contributed by atoms with Crippen LogP contribution in [0.3, 0.4) is 0 Å². The fraction of sp³-hybridized carbons (Fsp3) is 0.889. The number of aliphatic hydroxyl groups is 1. The van der Waals surface area contributed by atoms with Crippen LogP contribution in [0.25, 0.3) is 0 Å². The van der Waals surface area contributed by atoms with Crippen molar-refractivity contribution in [2.24, 2.45) is 11.3 Å². The minimum absolute atomic E-state index is 0.0333. The molecule has 1 amide bonds. The highest BCUT2D eigenvalue weighted by Crippen LogP contribution is 2.51. The van der Waals surface area contributed by atoms with Crippen molar-refractivity contribution in [1.29, 1.82) is 0 Å². The van der Waals surface area contributed by atoms with E-state index in [0.29, 0.717) is 38.0 Å². The van der Waals surface area contributed by atoms with Gasteiger partial charge in [-0.3, -0.25) is 9.59 Å². The van der Waals surface area contributed by atoms with Crippen LogP contribution in [0.15, 0.2) is 0 Å². The lowest BCUT2D eigenvalue weighted by atomic mass is 9.63. The molecule has 0 unspecified atom stereocenters. The summed E-state index contributed by atoms with van der Waals surface area (Å²) < 4.78 is 0. The fourth-order valence-electron chi connectivity index (χ4n) is 4.84. The fourth-order valence-corrected chi connectivity index (χ4v) is 4.84. The maximum atomic E-state index is 13.2. The van der Waals surface area contributed by atoms with Crippen molar-refractivity contribution in [1.82, 2.24) is 5.32 Å². The van der Waals surface area contributed by atoms with Crippen molar-refractivity contribution < 1.29 is 14.7 Å². The van der Waals surface area contributed by atoms with Crippen molar-refractivity contribution in [2.75, 3.05) is 0 Å². The monoisotopic (exact) mass is 307 g/mol. The minimum Gasteiger partial charge on any atom is -0.390 e. The normalized spacial score (nSPS) is 45.5. The first kappa shape index (κ1) is 16.0. The Bertz CT molecular complexity index is 469. The lowest BCUT2D eigenvalue weighted by Crippen LogP contribution is -2.53. The van der Waals surface area contributed by atoms with Gasteiger partial charge in [-0.25, -0.2) is 0 Å². The second-order valence-electron chi connectivity index (χ2n) is 7.88. The van der Waals surface area contributed by atoms with E-state index in [1.165, 1.54) is 0 Å². The van der Waals surface area contributed by atoms with Crippen LogP contribution in [0.2, 0.25) is 0 Å². The zero-order valence-electron chi connectivity index (χ0n) is 13.9. The molecule has 2 N–H and O–H groups in total. The van der Waals surface area contributed by atoms with Gasteiger partial charge in [-0.1, -0.05) is 20.3 Å². The third-order valence-corrected chi connectivity index (χ3v) is 6.89. The second-order valence-corrected chi connectivity index (χ2v) is 7.88. The predicted molar refractivity (Wildman–Crippen MR) is 84.3 cm³/mol. The third-order valence-electron chi connectivity index (χ3n) is 6.89. The molecule has 1 aliphatic heterocycles. The molecular weight excluding hydrogens is 278 g/mol. The largest absolute Gasteiger partial charge is 0.390 e. The molecule has 0 radical (unpaired) electrons. The van der Waals surface area contributed by atoms with Gasteiger partial charge in [0.2, 0.25) is 5.91 Å². The van der Waals surface area contributed by atoms with Gasteiger partial charge in [0.25, 0.3) is 0 Å². The molecule has 3 rings (SSSR count). The van der Waals surface area contributed by atoms with Crippen LogP contribution in [0.1, 0.15) is 78.1 Å². The quantitative estimate of drug-likeness (QED) is 0.771. The Morgan fingerprint density at radius 2 is 1.64 bits per heavy atom. The molecule has 0 bridgehead atoms. The second kappa shape index (κ2) is 5.33. The summed E-state index contributed by atoms with van der Waals surface area (Å²) in [7, 11) is 0. The first-order valence-electron chi connectivity index (χ1n) is 9.00. The Labute approximate surface area is 133 Å². The van der Waals surface area contributed by atoms with Gasteiger partial charge in [0.05, 0.1) is 11.1 Å². The van der Waals surface area contributed by atoms with Crippen LogP contribution in [-0.2, 0) is 9.59 Å². The van der Waals surface area contributed by atoms with Crippen molar-refractivity contribution >= 4 is 11.7 Å². The Morgan fingerprint density at radius 3 is 2.14 bits per heavy atom. The summed E-state index contributed by atoms with van der Waals surface area (Å²) >= 11 is 0. The van der Waals surface area contributed by atoms with Crippen LogP contribution in [-0.4, -0.2) is 27.9 Å². The molecule has 1 saturated heterocycles. The topological polar surface area (TPSA) is 66.4 Å². The number of hydrogen-bond acceptors (Lipinski definition) is 3. The summed E-state index contributed by atoms with van der Waals surface area (Å²) in [5.74, 6) is 0.769. The maximum Gasteiger partial charge on any atom is 0.234 e. The number of amides is 1. The van der Waals surface area contributed by atoms with E-state index in [9.17, 15) is 14.7 Å². The zero-order valence-corrected chi connectivity index (χ0v) is 13.9. The minimum atomic E-state index is -0.757. The SMILES string of the molecule is CCC1CCC2(CC1)C(=O)NC1(CCC(O)(CC)CC1)C2=O. The molecule has 2 saturated carbocycles. The van der Waals surface area contributed by atoms with Gasteiger partial charge < -0.3 is 10.4 Å². The highest BCUT2D eigenvalue weighted by molar-refractivity contribution is 6.17. The van der Waals surface area contributed by atoms with Crippen LogP contribution < -0.4 is 5.32 Å². The van der Waals surface area contributed by atoms with E-state index in [1.54, 1.807) is 0 Å². The molecule has 4 nitrogen and oxygen atoms in total. The van der Waals surface area contributed by atoms with Crippen LogP contribution in [0.4, 0.5) is 0 Å². The average molecular weight is 307 g/mol. The molecule has 124 valence electrons. The maximum absolute atomic E-state index is 13.2. The molecular formula is C18H29NO3. The molecule has 3 aliphatic rings. The van der Waals surface area contributed by atoms with Crippen molar-refractivity contribution in [2.45, 2.75) is 89.2 Å². The lowest BCUT2D eigenvalue weighted by Gasteiger charge is -2.41. The Morgan fingerprint density at radius 1 is 1.05 bits per heavy atom. The van der Waals surface area contributed by atoms with Gasteiger partial charge in [0.1, 0.15) is 5.41 Å². The highest BCUT2D eigenvalue weighted by Gasteiger charge is 2.63. The van der Waals surface area contributed by atoms with E-state index >= 15 is 0 Å². The first-order chi connectivity index (χ1) is 10.4. The highest BCUT2D eigenvalue weighted by atomic mass is 16.3. The Balaban J connectivity index is 1.78. The van der Waals surface area contributed by atoms with E-state index in [-0.39, 0.29) is 11.7 Å². The Hall–Kier alpha value is -0.900. The van der Waals surface area contributed by atoms with Gasteiger partial charge in [0, 0.05) is 0 Å². The molecule has 2 spiro atoms. The molecule has 0 atom stereocenters. The van der Waals surface area contributed by atoms with E-state index in [1.807, 2.05) is 6.92 Å². The van der Waals surface area contributed by atoms with E-state index in [2.05, 4.69) is 12.2 Å². The predicted octanol–water partition coefficient (Wildman–Crippen LogP) is 2.73. The molecule has 3 fully saturated rings. The van der Waals surface area contributed by atoms with Crippen molar-refractivity contribution in [3.63, 3.8) is 0 Å². The van der Waals surface area contributed by atoms with Crippen molar-refractivity contribution in [3.05, 3.63) is 0 Å². The zero-order chi connectivity index (χ0) is 16.0. The Kier molecular flexibility index (Phi) is 3.87. The van der Waals surface area contributed by atoms with Gasteiger partial charge in [-0.15, -0.1) is 0 Å². The number of Topliss-reactive ketones (excluding diaryl/α,β-unsaturated/α-hetero) is 1. The van der Waals surface area contributed by atoms with Crippen LogP contribution in [0, 0.1) is 11.3 Å². The van der Waals surface area contributed by atoms with E-state index in [4.69, 9.17) is 0 Å².